The number of nitrogens with zero attached hydrogens (tertiary/aromatic N) is 1. The van der Waals surface area contributed by atoms with E-state index in [4.69, 9.17) is 16.3 Å². The van der Waals surface area contributed by atoms with Crippen molar-refractivity contribution in [3.8, 4) is 0 Å². The minimum Gasteiger partial charge on any atom is -0.459 e. The summed E-state index contributed by atoms with van der Waals surface area (Å²) in [5, 5.41) is 10.8. The molecule has 0 radical (unpaired) electrons. The number of esters is 1. The highest BCUT2D eigenvalue weighted by Gasteiger charge is 2.18. The lowest BCUT2D eigenvalue weighted by Crippen LogP contribution is -2.15. The summed E-state index contributed by atoms with van der Waals surface area (Å²) in [5.41, 5.74) is -0.164. The largest absolute Gasteiger partial charge is 0.459 e. The van der Waals surface area contributed by atoms with E-state index in [0.29, 0.717) is 0 Å². The van der Waals surface area contributed by atoms with Crippen molar-refractivity contribution in [3.63, 3.8) is 0 Å². The van der Waals surface area contributed by atoms with E-state index in [1.165, 1.54) is 12.1 Å². The number of nitro groups is 1. The van der Waals surface area contributed by atoms with Gasteiger partial charge in [-0.1, -0.05) is 24.9 Å². The number of halogens is 1. The molecule has 0 heterocycles. The molecule has 1 aromatic rings. The van der Waals surface area contributed by atoms with E-state index in [1.807, 2.05) is 6.92 Å². The van der Waals surface area contributed by atoms with Crippen molar-refractivity contribution in [2.75, 3.05) is 0 Å². The Morgan fingerprint density at radius 3 is 2.78 bits per heavy atom. The van der Waals surface area contributed by atoms with Gasteiger partial charge in [0.15, 0.2) is 0 Å². The summed E-state index contributed by atoms with van der Waals surface area (Å²) in [4.78, 5) is 21.8. The van der Waals surface area contributed by atoms with Crippen LogP contribution in [0, 0.1) is 10.1 Å². The molecule has 0 aliphatic heterocycles. The molecule has 0 aromatic heterocycles. The second kappa shape index (κ2) is 6.35. The molecule has 98 valence electrons. The number of ether oxygens (including phenoxy) is 1. The monoisotopic (exact) mass is 271 g/mol. The smallest absolute Gasteiger partial charge is 0.340 e. The topological polar surface area (TPSA) is 69.4 Å². The van der Waals surface area contributed by atoms with Gasteiger partial charge >= 0.3 is 5.97 Å². The SMILES string of the molecule is CCCC(C)OC(=O)c1cc([N+](=O)[O-])ccc1Cl. The van der Waals surface area contributed by atoms with Gasteiger partial charge in [-0.15, -0.1) is 0 Å². The molecule has 0 saturated carbocycles. The third-order valence-electron chi connectivity index (χ3n) is 2.38. The number of carbonyl (C=O) groups excluding carboxylic acids is 1. The van der Waals surface area contributed by atoms with Gasteiger partial charge in [-0.25, -0.2) is 4.79 Å². The van der Waals surface area contributed by atoms with Gasteiger partial charge < -0.3 is 4.74 Å². The Morgan fingerprint density at radius 2 is 2.22 bits per heavy atom. The van der Waals surface area contributed by atoms with Gasteiger partial charge in [0.2, 0.25) is 0 Å². The average Bonchev–Trinajstić information content (AvgIpc) is 2.29. The van der Waals surface area contributed by atoms with Crippen LogP contribution in [0.1, 0.15) is 37.0 Å². The quantitative estimate of drug-likeness (QED) is 0.466. The van der Waals surface area contributed by atoms with E-state index in [0.717, 1.165) is 18.9 Å². The number of rotatable bonds is 5. The van der Waals surface area contributed by atoms with Crippen LogP contribution in [-0.4, -0.2) is 17.0 Å². The number of hydrogen-bond donors (Lipinski definition) is 0. The predicted octanol–water partition coefficient (Wildman–Crippen LogP) is 3.59. The van der Waals surface area contributed by atoms with Crippen LogP contribution < -0.4 is 0 Å². The molecule has 0 aliphatic carbocycles. The fourth-order valence-electron chi connectivity index (χ4n) is 1.49. The second-order valence-corrected chi connectivity index (χ2v) is 4.33. The van der Waals surface area contributed by atoms with Crippen molar-refractivity contribution < 1.29 is 14.5 Å². The molecule has 0 bridgehead atoms. The Labute approximate surface area is 110 Å². The fraction of sp³-hybridized carbons (Fsp3) is 0.417. The summed E-state index contributed by atoms with van der Waals surface area (Å²) in [5.74, 6) is -0.635. The molecule has 1 atom stereocenters. The molecule has 0 spiro atoms. The van der Waals surface area contributed by atoms with Gasteiger partial charge in [-0.3, -0.25) is 10.1 Å². The molecular weight excluding hydrogens is 258 g/mol. The van der Waals surface area contributed by atoms with E-state index in [1.54, 1.807) is 6.92 Å². The van der Waals surface area contributed by atoms with Crippen molar-refractivity contribution in [1.29, 1.82) is 0 Å². The van der Waals surface area contributed by atoms with Gasteiger partial charge in [0.25, 0.3) is 5.69 Å². The minimum absolute atomic E-state index is 0.0221. The Bertz CT molecular complexity index is 461. The molecule has 0 aliphatic rings. The Morgan fingerprint density at radius 1 is 1.56 bits per heavy atom. The number of benzene rings is 1. The van der Waals surface area contributed by atoms with Crippen LogP contribution in [0.15, 0.2) is 18.2 Å². The second-order valence-electron chi connectivity index (χ2n) is 3.93. The normalized spacial score (nSPS) is 11.9. The maximum absolute atomic E-state index is 11.8. The summed E-state index contributed by atoms with van der Waals surface area (Å²) in [6.45, 7) is 3.75. The molecular formula is C12H14ClNO4. The number of hydrogen-bond acceptors (Lipinski definition) is 4. The molecule has 0 amide bonds. The zero-order valence-electron chi connectivity index (χ0n) is 10.2. The van der Waals surface area contributed by atoms with Crippen molar-refractivity contribution in [3.05, 3.63) is 38.9 Å². The van der Waals surface area contributed by atoms with Crippen LogP contribution in [0.25, 0.3) is 0 Å². The Kier molecular flexibility index (Phi) is 5.09. The van der Waals surface area contributed by atoms with Crippen molar-refractivity contribution in [2.24, 2.45) is 0 Å². The number of nitro benzene ring substituents is 1. The first-order valence-electron chi connectivity index (χ1n) is 5.60. The Balaban J connectivity index is 2.91. The minimum atomic E-state index is -0.635. The highest BCUT2D eigenvalue weighted by atomic mass is 35.5. The van der Waals surface area contributed by atoms with E-state index in [2.05, 4.69) is 0 Å². The molecule has 18 heavy (non-hydrogen) atoms. The lowest BCUT2D eigenvalue weighted by atomic mass is 10.2. The van der Waals surface area contributed by atoms with E-state index in [9.17, 15) is 14.9 Å². The van der Waals surface area contributed by atoms with Gasteiger partial charge in [0, 0.05) is 12.1 Å². The lowest BCUT2D eigenvalue weighted by Gasteiger charge is -2.12. The summed E-state index contributed by atoms with van der Waals surface area (Å²) in [7, 11) is 0. The van der Waals surface area contributed by atoms with E-state index >= 15 is 0 Å². The average molecular weight is 272 g/mol. The molecule has 0 N–H and O–H groups in total. The summed E-state index contributed by atoms with van der Waals surface area (Å²) in [6.07, 6.45) is 1.38. The van der Waals surface area contributed by atoms with Crippen LogP contribution in [-0.2, 0) is 4.74 Å². The third-order valence-corrected chi connectivity index (χ3v) is 2.71. The number of carbonyl (C=O) groups is 1. The van der Waals surface area contributed by atoms with Crippen molar-refractivity contribution in [2.45, 2.75) is 32.8 Å². The summed E-state index contributed by atoms with van der Waals surface area (Å²) >= 11 is 5.83. The van der Waals surface area contributed by atoms with Gasteiger partial charge in [-0.05, 0) is 19.4 Å². The van der Waals surface area contributed by atoms with Gasteiger partial charge in [0.05, 0.1) is 21.6 Å². The van der Waals surface area contributed by atoms with Crippen LogP contribution in [0.2, 0.25) is 5.02 Å². The van der Waals surface area contributed by atoms with Crippen LogP contribution in [0.3, 0.4) is 0 Å². The molecule has 5 nitrogen and oxygen atoms in total. The number of non-ortho nitro benzene ring substituents is 1. The van der Waals surface area contributed by atoms with Crippen molar-refractivity contribution in [1.82, 2.24) is 0 Å². The maximum atomic E-state index is 11.8. The van der Waals surface area contributed by atoms with Gasteiger partial charge in [0.1, 0.15) is 0 Å². The summed E-state index contributed by atoms with van der Waals surface area (Å²) in [6, 6.07) is 3.69. The molecule has 1 aromatic carbocycles. The highest BCUT2D eigenvalue weighted by molar-refractivity contribution is 6.33. The molecule has 6 heteroatoms. The fourth-order valence-corrected chi connectivity index (χ4v) is 1.69. The first kappa shape index (κ1) is 14.4. The lowest BCUT2D eigenvalue weighted by molar-refractivity contribution is -0.384. The third kappa shape index (κ3) is 3.70. The zero-order chi connectivity index (χ0) is 13.7. The zero-order valence-corrected chi connectivity index (χ0v) is 10.9. The Hall–Kier alpha value is -1.62. The standard InChI is InChI=1S/C12H14ClNO4/c1-3-4-8(2)18-12(15)10-7-9(14(16)17)5-6-11(10)13/h5-8H,3-4H2,1-2H3. The van der Waals surface area contributed by atoms with Gasteiger partial charge in [-0.2, -0.15) is 0 Å². The first-order chi connectivity index (χ1) is 8.45. The highest BCUT2D eigenvalue weighted by Crippen LogP contribution is 2.23. The molecule has 1 unspecified atom stereocenters. The van der Waals surface area contributed by atoms with E-state index < -0.39 is 10.9 Å². The van der Waals surface area contributed by atoms with Crippen LogP contribution in [0.5, 0.6) is 0 Å². The first-order valence-corrected chi connectivity index (χ1v) is 5.98. The maximum Gasteiger partial charge on any atom is 0.340 e. The van der Waals surface area contributed by atoms with Crippen molar-refractivity contribution >= 4 is 23.3 Å². The molecule has 1 rings (SSSR count). The predicted molar refractivity (Wildman–Crippen MR) is 67.9 cm³/mol. The summed E-state index contributed by atoms with van der Waals surface area (Å²) < 4.78 is 5.15. The molecule has 0 saturated heterocycles. The van der Waals surface area contributed by atoms with Crippen LogP contribution in [0.4, 0.5) is 5.69 Å². The molecule has 0 fully saturated rings. The van der Waals surface area contributed by atoms with Crippen LogP contribution >= 0.6 is 11.6 Å². The van der Waals surface area contributed by atoms with E-state index in [-0.39, 0.29) is 22.4 Å².